The van der Waals surface area contributed by atoms with Crippen LogP contribution in [0.25, 0.3) is 16.8 Å². The summed E-state index contributed by atoms with van der Waals surface area (Å²) < 4.78 is 51.6. The van der Waals surface area contributed by atoms with Crippen LogP contribution in [0.3, 0.4) is 0 Å². The van der Waals surface area contributed by atoms with Crippen molar-refractivity contribution in [2.24, 2.45) is 0 Å². The third-order valence-corrected chi connectivity index (χ3v) is 6.33. The number of benzene rings is 1. The molecule has 0 bridgehead atoms. The van der Waals surface area contributed by atoms with Crippen LogP contribution in [0.15, 0.2) is 55.0 Å². The third-order valence-electron chi connectivity index (χ3n) is 6.33. The number of anilines is 2. The number of pyridine rings is 1. The maximum absolute atomic E-state index is 13.0. The first-order valence-corrected chi connectivity index (χ1v) is 12.1. The normalized spacial score (nSPS) is 15.8. The van der Waals surface area contributed by atoms with E-state index in [2.05, 4.69) is 15.3 Å². The number of alkyl halides is 3. The predicted octanol–water partition coefficient (Wildman–Crippen LogP) is 3.19. The number of fused-ring (bicyclic) bond motifs is 1. The van der Waals surface area contributed by atoms with Crippen LogP contribution in [0, 0.1) is 0 Å². The summed E-state index contributed by atoms with van der Waals surface area (Å²) in [5.74, 6) is -0.278. The zero-order valence-corrected chi connectivity index (χ0v) is 21.2. The zero-order valence-electron chi connectivity index (χ0n) is 21.2. The van der Waals surface area contributed by atoms with Crippen LogP contribution in [0.5, 0.6) is 0 Å². The minimum absolute atomic E-state index is 0.0408. The van der Waals surface area contributed by atoms with Crippen molar-refractivity contribution in [2.45, 2.75) is 12.3 Å². The average molecular weight is 556 g/mol. The number of ether oxygens (including phenoxy) is 2. The van der Waals surface area contributed by atoms with E-state index in [4.69, 9.17) is 20.2 Å². The van der Waals surface area contributed by atoms with Crippen molar-refractivity contribution in [3.05, 3.63) is 71.9 Å². The zero-order chi connectivity index (χ0) is 28.4. The smallest absolute Gasteiger partial charge is 0.382 e. The number of amides is 2. The Morgan fingerprint density at radius 2 is 1.95 bits per heavy atom. The molecule has 1 atom stereocenters. The van der Waals surface area contributed by atoms with Gasteiger partial charge in [0.2, 0.25) is 5.91 Å². The van der Waals surface area contributed by atoms with Crippen LogP contribution in [0.1, 0.15) is 27.8 Å². The molecule has 0 saturated carbocycles. The summed E-state index contributed by atoms with van der Waals surface area (Å²) in [4.78, 5) is 39.5. The number of carbonyl (C=O) groups excluding carboxylic acids is 2. The van der Waals surface area contributed by atoms with E-state index >= 15 is 0 Å². The molecule has 11 nitrogen and oxygen atoms in total. The number of carbonyl (C=O) groups is 2. The van der Waals surface area contributed by atoms with Crippen LogP contribution in [-0.4, -0.2) is 69.5 Å². The van der Waals surface area contributed by atoms with Gasteiger partial charge < -0.3 is 25.4 Å². The standard InChI is InChI=1S/C26H24F3N7O4/c1-39-14-20(37)35-10-11-40-18(13-35)24-34-21(22-23(30)32-8-9-36(22)24)15-2-4-16(5-3-15)25(38)33-19-12-17(6-7-31-19)26(27,28)29/h2-9,12,18H,10-11,13-14H2,1H3,(H2,30,32)(H,31,33,38)/t18-/m1/s1. The number of hydrogen-bond acceptors (Lipinski definition) is 8. The van der Waals surface area contributed by atoms with E-state index in [1.54, 1.807) is 27.6 Å². The number of aromatic nitrogens is 4. The molecular formula is C26H24F3N7O4. The van der Waals surface area contributed by atoms with E-state index in [1.807, 2.05) is 0 Å². The second-order valence-corrected chi connectivity index (χ2v) is 8.94. The number of halogens is 3. The number of nitrogens with two attached hydrogens (primary N) is 1. The molecule has 1 fully saturated rings. The summed E-state index contributed by atoms with van der Waals surface area (Å²) in [6, 6.07) is 7.89. The predicted molar refractivity (Wildman–Crippen MR) is 137 cm³/mol. The first-order valence-electron chi connectivity index (χ1n) is 12.1. The van der Waals surface area contributed by atoms with Crippen molar-refractivity contribution in [1.29, 1.82) is 0 Å². The molecule has 40 heavy (non-hydrogen) atoms. The van der Waals surface area contributed by atoms with Gasteiger partial charge in [-0.1, -0.05) is 12.1 Å². The van der Waals surface area contributed by atoms with Crippen LogP contribution in [0.2, 0.25) is 0 Å². The van der Waals surface area contributed by atoms with Crippen LogP contribution in [-0.2, 0) is 20.4 Å². The van der Waals surface area contributed by atoms with E-state index < -0.39 is 23.8 Å². The summed E-state index contributed by atoms with van der Waals surface area (Å²) >= 11 is 0. The minimum Gasteiger partial charge on any atom is -0.382 e. The number of nitrogen functional groups attached to an aromatic ring is 1. The lowest BCUT2D eigenvalue weighted by Crippen LogP contribution is -2.44. The highest BCUT2D eigenvalue weighted by atomic mass is 19.4. The van der Waals surface area contributed by atoms with E-state index in [0.717, 1.165) is 18.3 Å². The fourth-order valence-corrected chi connectivity index (χ4v) is 4.41. The molecule has 1 saturated heterocycles. The van der Waals surface area contributed by atoms with Gasteiger partial charge in [-0.2, -0.15) is 13.2 Å². The van der Waals surface area contributed by atoms with Gasteiger partial charge in [0.15, 0.2) is 0 Å². The summed E-state index contributed by atoms with van der Waals surface area (Å²) in [6.07, 6.45) is -0.899. The van der Waals surface area contributed by atoms with Crippen molar-refractivity contribution >= 4 is 29.0 Å². The van der Waals surface area contributed by atoms with Crippen molar-refractivity contribution in [1.82, 2.24) is 24.3 Å². The molecule has 0 radical (unpaired) electrons. The Hall–Kier alpha value is -4.56. The van der Waals surface area contributed by atoms with Gasteiger partial charge >= 0.3 is 6.18 Å². The fraction of sp³-hybridized carbons (Fsp3) is 0.269. The molecule has 1 aliphatic heterocycles. The Bertz CT molecular complexity index is 1560. The molecule has 4 aromatic rings. The van der Waals surface area contributed by atoms with Gasteiger partial charge in [0.1, 0.15) is 41.4 Å². The molecule has 2 amide bonds. The molecule has 14 heteroatoms. The average Bonchev–Trinajstić information content (AvgIpc) is 3.34. The number of rotatable bonds is 6. The fourth-order valence-electron chi connectivity index (χ4n) is 4.41. The molecule has 1 aliphatic rings. The topological polar surface area (TPSA) is 137 Å². The van der Waals surface area contributed by atoms with Gasteiger partial charge in [0, 0.05) is 43.4 Å². The van der Waals surface area contributed by atoms with Gasteiger partial charge in [-0.25, -0.2) is 15.0 Å². The summed E-state index contributed by atoms with van der Waals surface area (Å²) in [7, 11) is 1.46. The maximum Gasteiger partial charge on any atom is 0.416 e. The second kappa shape index (κ2) is 10.9. The van der Waals surface area contributed by atoms with Crippen molar-refractivity contribution < 1.29 is 32.2 Å². The number of nitrogens with zero attached hydrogens (tertiary/aromatic N) is 5. The Morgan fingerprint density at radius 3 is 2.67 bits per heavy atom. The lowest BCUT2D eigenvalue weighted by atomic mass is 10.1. The molecule has 208 valence electrons. The maximum atomic E-state index is 13.0. The van der Waals surface area contributed by atoms with Crippen molar-refractivity contribution in [2.75, 3.05) is 44.5 Å². The number of nitrogens with one attached hydrogen (secondary N) is 1. The lowest BCUT2D eigenvalue weighted by molar-refractivity contribution is -0.143. The lowest BCUT2D eigenvalue weighted by Gasteiger charge is -2.32. The van der Waals surface area contributed by atoms with E-state index in [9.17, 15) is 22.8 Å². The largest absolute Gasteiger partial charge is 0.416 e. The second-order valence-electron chi connectivity index (χ2n) is 8.94. The summed E-state index contributed by atoms with van der Waals surface area (Å²) in [5.41, 5.74) is 7.10. The van der Waals surface area contributed by atoms with E-state index in [0.29, 0.717) is 35.8 Å². The van der Waals surface area contributed by atoms with Crippen LogP contribution < -0.4 is 11.1 Å². The summed E-state index contributed by atoms with van der Waals surface area (Å²) in [6.45, 7) is 0.972. The van der Waals surface area contributed by atoms with E-state index in [1.165, 1.54) is 25.4 Å². The Balaban J connectivity index is 1.42. The van der Waals surface area contributed by atoms with Gasteiger partial charge in [-0.3, -0.25) is 14.0 Å². The molecule has 0 spiro atoms. The molecule has 1 aromatic carbocycles. The third kappa shape index (κ3) is 5.44. The summed E-state index contributed by atoms with van der Waals surface area (Å²) in [5, 5.41) is 2.38. The van der Waals surface area contributed by atoms with Crippen LogP contribution >= 0.6 is 0 Å². The molecule has 3 aromatic heterocycles. The molecule has 0 aliphatic carbocycles. The molecule has 5 rings (SSSR count). The van der Waals surface area contributed by atoms with Gasteiger partial charge in [0.05, 0.1) is 18.7 Å². The van der Waals surface area contributed by atoms with Crippen LogP contribution in [0.4, 0.5) is 24.8 Å². The molecule has 3 N–H and O–H groups in total. The first kappa shape index (κ1) is 27.0. The number of methoxy groups -OCH3 is 1. The number of imidazole rings is 1. The van der Waals surface area contributed by atoms with Gasteiger partial charge in [-0.05, 0) is 24.3 Å². The SMILES string of the molecule is COCC(=O)N1CCO[C@@H](c2nc(-c3ccc(C(=O)Nc4cc(C(F)(F)F)ccn4)cc3)c3c(N)nccn23)C1. The van der Waals surface area contributed by atoms with Gasteiger partial charge in [-0.15, -0.1) is 0 Å². The number of hydrogen-bond donors (Lipinski definition) is 2. The van der Waals surface area contributed by atoms with E-state index in [-0.39, 0.29) is 36.3 Å². The first-order chi connectivity index (χ1) is 19.2. The quantitative estimate of drug-likeness (QED) is 0.370. The highest BCUT2D eigenvalue weighted by Gasteiger charge is 2.31. The Morgan fingerprint density at radius 1 is 1.18 bits per heavy atom. The minimum atomic E-state index is -4.56. The molecule has 0 unspecified atom stereocenters. The highest BCUT2D eigenvalue weighted by molar-refractivity contribution is 6.04. The molecular weight excluding hydrogens is 531 g/mol. The monoisotopic (exact) mass is 555 g/mol. The number of morpholine rings is 1. The Labute approximate surface area is 225 Å². The molecule has 4 heterocycles. The van der Waals surface area contributed by atoms with Gasteiger partial charge in [0.25, 0.3) is 5.91 Å². The van der Waals surface area contributed by atoms with Crippen molar-refractivity contribution in [3.8, 4) is 11.3 Å². The highest BCUT2D eigenvalue weighted by Crippen LogP contribution is 2.33. The van der Waals surface area contributed by atoms with Crippen molar-refractivity contribution in [3.63, 3.8) is 0 Å². The Kier molecular flexibility index (Phi) is 7.36.